The Morgan fingerprint density at radius 3 is 1.90 bits per heavy atom. The summed E-state index contributed by atoms with van der Waals surface area (Å²) in [6.45, 7) is 3.67. The highest BCUT2D eigenvalue weighted by Crippen LogP contribution is 2.12. The maximum Gasteiger partial charge on any atom is 0.326 e. The van der Waals surface area contributed by atoms with Crippen LogP contribution in [-0.2, 0) is 43.2 Å². The zero-order chi connectivity index (χ0) is 36.6. The number of phenols is 1. The Kier molecular flexibility index (Phi) is 15.8. The van der Waals surface area contributed by atoms with E-state index in [2.05, 4.69) is 31.2 Å². The highest BCUT2D eigenvalue weighted by Gasteiger charge is 2.32. The monoisotopic (exact) mass is 709 g/mol. The Labute approximate surface area is 295 Å². The van der Waals surface area contributed by atoms with Gasteiger partial charge in [0.05, 0.1) is 12.4 Å². The number of carboxylic acids is 1. The third-order valence-corrected chi connectivity index (χ3v) is 8.47. The molecule has 0 saturated heterocycles. The fourth-order valence-electron chi connectivity index (χ4n) is 5.16. The molecule has 0 aliphatic carbocycles. The largest absolute Gasteiger partial charge is 0.508 e. The molecule has 0 fully saturated rings. The number of carboxylic acid groups (broad SMARTS) is 1. The average molecular weight is 710 g/mol. The lowest BCUT2D eigenvalue weighted by Crippen LogP contribution is -2.59. The van der Waals surface area contributed by atoms with Crippen molar-refractivity contribution in [2.24, 2.45) is 11.7 Å². The summed E-state index contributed by atoms with van der Waals surface area (Å²) in [4.78, 5) is 73.1. The SMILES string of the molecule is CSCC[C@@H](NC(=O)[C@@H](N)Cc1ccc(O)cc1)C(=O)N[C@@H](Cc1ccccc1)C(=O)N[C@@H](Cc1cnc[nH]1)C(=O)N[C@@H](CC(C)C)C(=O)O. The zero-order valence-corrected chi connectivity index (χ0v) is 29.2. The van der Waals surface area contributed by atoms with E-state index in [-0.39, 0.29) is 43.8 Å². The van der Waals surface area contributed by atoms with E-state index in [0.717, 1.165) is 11.1 Å². The first kappa shape index (κ1) is 39.5. The lowest BCUT2D eigenvalue weighted by atomic mass is 10.0. The van der Waals surface area contributed by atoms with Crippen LogP contribution in [0.15, 0.2) is 67.1 Å². The first-order valence-electron chi connectivity index (χ1n) is 16.3. The van der Waals surface area contributed by atoms with Gasteiger partial charge in [0.15, 0.2) is 0 Å². The molecule has 5 atom stereocenters. The van der Waals surface area contributed by atoms with Crippen LogP contribution in [0.1, 0.15) is 43.5 Å². The van der Waals surface area contributed by atoms with Crippen molar-refractivity contribution in [3.63, 3.8) is 0 Å². The molecule has 50 heavy (non-hydrogen) atoms. The molecular weight excluding hydrogens is 662 g/mol. The molecule has 270 valence electrons. The summed E-state index contributed by atoms with van der Waals surface area (Å²) in [5.74, 6) is -3.19. The third kappa shape index (κ3) is 13.2. The number of H-pyrrole nitrogens is 1. The van der Waals surface area contributed by atoms with E-state index in [1.165, 1.54) is 36.4 Å². The molecule has 0 saturated carbocycles. The van der Waals surface area contributed by atoms with Gasteiger partial charge in [-0.1, -0.05) is 56.3 Å². The summed E-state index contributed by atoms with van der Waals surface area (Å²) in [6.07, 6.45) is 5.41. The van der Waals surface area contributed by atoms with Crippen LogP contribution >= 0.6 is 11.8 Å². The Balaban J connectivity index is 1.82. The molecule has 0 bridgehead atoms. The smallest absolute Gasteiger partial charge is 0.326 e. The van der Waals surface area contributed by atoms with Crippen LogP contribution in [0.2, 0.25) is 0 Å². The van der Waals surface area contributed by atoms with Gasteiger partial charge in [-0.05, 0) is 60.4 Å². The van der Waals surface area contributed by atoms with Crippen LogP contribution in [0.25, 0.3) is 0 Å². The number of benzene rings is 2. The maximum atomic E-state index is 13.9. The van der Waals surface area contributed by atoms with Gasteiger partial charge >= 0.3 is 5.97 Å². The molecule has 3 aromatic rings. The van der Waals surface area contributed by atoms with Crippen LogP contribution < -0.4 is 27.0 Å². The summed E-state index contributed by atoms with van der Waals surface area (Å²) in [7, 11) is 0. The Morgan fingerprint density at radius 1 is 0.780 bits per heavy atom. The number of thioether (sulfide) groups is 1. The number of rotatable bonds is 20. The van der Waals surface area contributed by atoms with Crippen LogP contribution in [0.4, 0.5) is 0 Å². The van der Waals surface area contributed by atoms with Crippen molar-refractivity contribution in [1.29, 1.82) is 0 Å². The van der Waals surface area contributed by atoms with Gasteiger partial charge in [-0.15, -0.1) is 0 Å². The number of aromatic amines is 1. The van der Waals surface area contributed by atoms with Gasteiger partial charge in [0.2, 0.25) is 23.6 Å². The summed E-state index contributed by atoms with van der Waals surface area (Å²) >= 11 is 1.48. The molecule has 0 spiro atoms. The van der Waals surface area contributed by atoms with E-state index in [1.807, 2.05) is 26.2 Å². The van der Waals surface area contributed by atoms with Crippen molar-refractivity contribution in [3.05, 3.63) is 83.9 Å². The summed E-state index contributed by atoms with van der Waals surface area (Å²) in [6, 6.07) is 9.69. The van der Waals surface area contributed by atoms with Crippen molar-refractivity contribution < 1.29 is 34.2 Å². The number of hydrogen-bond donors (Lipinski definition) is 8. The second-order valence-corrected chi connectivity index (χ2v) is 13.4. The van der Waals surface area contributed by atoms with Crippen molar-refractivity contribution in [3.8, 4) is 5.75 Å². The van der Waals surface area contributed by atoms with Crippen molar-refractivity contribution in [2.75, 3.05) is 12.0 Å². The van der Waals surface area contributed by atoms with Gasteiger partial charge < -0.3 is 42.2 Å². The molecule has 3 rings (SSSR count). The highest BCUT2D eigenvalue weighted by atomic mass is 32.2. The number of phenolic OH excluding ortho intramolecular Hbond substituents is 1. The Morgan fingerprint density at radius 2 is 1.34 bits per heavy atom. The predicted octanol–water partition coefficient (Wildman–Crippen LogP) is 1.29. The minimum Gasteiger partial charge on any atom is -0.508 e. The highest BCUT2D eigenvalue weighted by molar-refractivity contribution is 7.98. The Hall–Kier alpha value is -4.89. The number of imidazole rings is 1. The molecule has 0 aliphatic rings. The summed E-state index contributed by atoms with van der Waals surface area (Å²) < 4.78 is 0. The number of aromatic hydroxyl groups is 1. The standard InChI is InChI=1S/C35H47N7O7S/c1-21(2)15-30(35(48)49)42-34(47)29(18-24-19-37-20-38-24)41-33(46)28(17-22-7-5-4-6-8-22)40-32(45)27(13-14-50-3)39-31(44)26(36)16-23-9-11-25(43)12-10-23/h4-12,19-21,26-30,43H,13-18,36H2,1-3H3,(H,37,38)(H,39,44)(H,40,45)(H,41,46)(H,42,47)(H,48,49)/t26-,27+,28-,29-,30-/m0/s1. The second kappa shape index (κ2) is 19.9. The van der Waals surface area contributed by atoms with Crippen molar-refractivity contribution in [2.45, 2.75) is 76.2 Å². The van der Waals surface area contributed by atoms with Crippen molar-refractivity contribution >= 4 is 41.4 Å². The number of amides is 4. The average Bonchev–Trinajstić information content (AvgIpc) is 3.60. The van der Waals surface area contributed by atoms with Gasteiger partial charge in [-0.25, -0.2) is 9.78 Å². The van der Waals surface area contributed by atoms with Crippen LogP contribution in [0, 0.1) is 5.92 Å². The molecule has 9 N–H and O–H groups in total. The molecule has 0 radical (unpaired) electrons. The van der Waals surface area contributed by atoms with Crippen LogP contribution in [0.3, 0.4) is 0 Å². The zero-order valence-electron chi connectivity index (χ0n) is 28.4. The fourth-order valence-corrected chi connectivity index (χ4v) is 5.63. The lowest BCUT2D eigenvalue weighted by molar-refractivity contribution is -0.142. The Bertz CT molecular complexity index is 1540. The van der Waals surface area contributed by atoms with E-state index >= 15 is 0 Å². The van der Waals surface area contributed by atoms with E-state index in [9.17, 15) is 34.2 Å². The number of carbonyl (C=O) groups excluding carboxylic acids is 4. The van der Waals surface area contributed by atoms with Crippen LogP contribution in [-0.4, -0.2) is 92.0 Å². The van der Waals surface area contributed by atoms with Gasteiger partial charge in [-0.3, -0.25) is 19.2 Å². The third-order valence-electron chi connectivity index (χ3n) is 7.82. The molecule has 1 aromatic heterocycles. The lowest BCUT2D eigenvalue weighted by Gasteiger charge is -2.27. The van der Waals surface area contributed by atoms with Crippen molar-refractivity contribution in [1.82, 2.24) is 31.2 Å². The molecule has 0 unspecified atom stereocenters. The normalized spacial score (nSPS) is 14.1. The number of nitrogens with zero attached hydrogens (tertiary/aromatic N) is 1. The number of carbonyl (C=O) groups is 5. The molecule has 4 amide bonds. The summed E-state index contributed by atoms with van der Waals surface area (Å²) in [5.41, 5.74) is 8.15. The van der Waals surface area contributed by atoms with Gasteiger partial charge in [-0.2, -0.15) is 11.8 Å². The van der Waals surface area contributed by atoms with Gasteiger partial charge in [0.25, 0.3) is 0 Å². The number of aliphatic carboxylic acids is 1. The first-order chi connectivity index (χ1) is 23.9. The molecule has 0 aliphatic heterocycles. The molecule has 1 heterocycles. The quantitative estimate of drug-likeness (QED) is 0.0839. The second-order valence-electron chi connectivity index (χ2n) is 12.4. The molecule has 15 heteroatoms. The van der Waals surface area contributed by atoms with Gasteiger partial charge in [0.1, 0.15) is 29.9 Å². The molecule has 2 aromatic carbocycles. The minimum absolute atomic E-state index is 0.0237. The number of aromatic nitrogens is 2. The summed E-state index contributed by atoms with van der Waals surface area (Å²) in [5, 5.41) is 30.0. The van der Waals surface area contributed by atoms with E-state index in [1.54, 1.807) is 36.4 Å². The first-order valence-corrected chi connectivity index (χ1v) is 17.7. The van der Waals surface area contributed by atoms with E-state index < -0.39 is 59.8 Å². The van der Waals surface area contributed by atoms with Gasteiger partial charge in [0, 0.05) is 24.7 Å². The minimum atomic E-state index is -1.21. The molecular formula is C35H47N7O7S. The topological polar surface area (TPSA) is 229 Å². The van der Waals surface area contributed by atoms with E-state index in [4.69, 9.17) is 5.73 Å². The number of hydrogen-bond acceptors (Lipinski definition) is 9. The maximum absolute atomic E-state index is 13.9. The number of nitrogens with one attached hydrogen (secondary N) is 5. The fraction of sp³-hybridized carbons (Fsp3) is 0.429. The number of nitrogens with two attached hydrogens (primary N) is 1. The predicted molar refractivity (Wildman–Crippen MR) is 190 cm³/mol. The van der Waals surface area contributed by atoms with E-state index in [0.29, 0.717) is 11.4 Å². The van der Waals surface area contributed by atoms with Crippen LogP contribution in [0.5, 0.6) is 5.75 Å². The molecule has 14 nitrogen and oxygen atoms in total.